The third kappa shape index (κ3) is 6.81. The maximum Gasteiger partial charge on any atom is 0.268 e. The second-order valence-corrected chi connectivity index (χ2v) is 11.1. The van der Waals surface area contributed by atoms with E-state index in [9.17, 15) is 9.90 Å². The first-order valence-corrected chi connectivity index (χ1v) is 12.8. The zero-order valence-electron chi connectivity index (χ0n) is 21.8. The highest BCUT2D eigenvalue weighted by Crippen LogP contribution is 2.30. The van der Waals surface area contributed by atoms with Gasteiger partial charge in [0.2, 0.25) is 0 Å². The number of halogens is 2. The fourth-order valence-corrected chi connectivity index (χ4v) is 4.63. The van der Waals surface area contributed by atoms with Gasteiger partial charge in [-0.1, -0.05) is 44.5 Å². The Hall–Kier alpha value is -2.54. The van der Waals surface area contributed by atoms with E-state index in [2.05, 4.69) is 20.8 Å². The Morgan fingerprint density at radius 3 is 2.36 bits per heavy atom. The minimum absolute atomic E-state index is 0.0411. The van der Waals surface area contributed by atoms with Gasteiger partial charge >= 0.3 is 0 Å². The molecular formula is C28H35Cl2N3O3. The molecule has 36 heavy (non-hydrogen) atoms. The van der Waals surface area contributed by atoms with Crippen molar-refractivity contribution >= 4 is 29.3 Å². The van der Waals surface area contributed by atoms with E-state index in [-0.39, 0.29) is 24.0 Å². The average molecular weight is 533 g/mol. The molecule has 6 nitrogen and oxygen atoms in total. The number of imidazole rings is 1. The van der Waals surface area contributed by atoms with Gasteiger partial charge in [0.25, 0.3) is 5.91 Å². The number of rotatable bonds is 9. The SMILES string of the molecule is CC(C)Oc1ccc(C(=O)N(Cl)[C@H](CCO)Cc2ccc(-c3cn(C)c(C(C)(C)C)n3)cc2Cl)cc1. The number of aromatic nitrogens is 2. The van der Waals surface area contributed by atoms with Crippen molar-refractivity contribution in [2.75, 3.05) is 6.61 Å². The second-order valence-electron chi connectivity index (χ2n) is 10.3. The Morgan fingerprint density at radius 1 is 1.17 bits per heavy atom. The van der Waals surface area contributed by atoms with Crippen LogP contribution in [0.2, 0.25) is 5.02 Å². The Morgan fingerprint density at radius 2 is 1.83 bits per heavy atom. The molecule has 8 heteroatoms. The second kappa shape index (κ2) is 11.7. The van der Waals surface area contributed by atoms with Crippen LogP contribution in [0.5, 0.6) is 5.75 Å². The number of hydrogen-bond donors (Lipinski definition) is 1. The summed E-state index contributed by atoms with van der Waals surface area (Å²) >= 11 is 13.2. The van der Waals surface area contributed by atoms with Crippen molar-refractivity contribution in [3.05, 3.63) is 70.6 Å². The number of aliphatic hydroxyl groups excluding tert-OH is 1. The molecule has 0 aliphatic rings. The molecule has 1 aromatic heterocycles. The predicted octanol–water partition coefficient (Wildman–Crippen LogP) is 6.41. The van der Waals surface area contributed by atoms with E-state index in [0.29, 0.717) is 29.2 Å². The van der Waals surface area contributed by atoms with Crippen LogP contribution in [0.15, 0.2) is 48.7 Å². The number of hydrogen-bond acceptors (Lipinski definition) is 4. The highest BCUT2D eigenvalue weighted by Gasteiger charge is 2.25. The van der Waals surface area contributed by atoms with E-state index >= 15 is 0 Å². The van der Waals surface area contributed by atoms with Crippen molar-refractivity contribution in [2.45, 2.75) is 65.0 Å². The van der Waals surface area contributed by atoms with Crippen molar-refractivity contribution in [3.8, 4) is 17.0 Å². The fourth-order valence-electron chi connectivity index (χ4n) is 4.11. The lowest BCUT2D eigenvalue weighted by Crippen LogP contribution is -2.35. The van der Waals surface area contributed by atoms with Crippen LogP contribution in [0, 0.1) is 0 Å². The van der Waals surface area contributed by atoms with E-state index in [4.69, 9.17) is 33.1 Å². The van der Waals surface area contributed by atoms with Crippen LogP contribution >= 0.6 is 23.4 Å². The number of benzene rings is 2. The largest absolute Gasteiger partial charge is 0.491 e. The van der Waals surface area contributed by atoms with Crippen LogP contribution < -0.4 is 4.74 Å². The topological polar surface area (TPSA) is 67.6 Å². The van der Waals surface area contributed by atoms with Crippen LogP contribution in [0.1, 0.15) is 62.8 Å². The molecule has 0 saturated carbocycles. The number of nitrogens with zero attached hydrogens (tertiary/aromatic N) is 3. The zero-order valence-corrected chi connectivity index (χ0v) is 23.3. The van der Waals surface area contributed by atoms with Crippen LogP contribution in [0.3, 0.4) is 0 Å². The average Bonchev–Trinajstić information content (AvgIpc) is 3.21. The van der Waals surface area contributed by atoms with E-state index in [1.165, 1.54) is 0 Å². The summed E-state index contributed by atoms with van der Waals surface area (Å²) in [5.74, 6) is 1.33. The Kier molecular flexibility index (Phi) is 9.09. The lowest BCUT2D eigenvalue weighted by molar-refractivity contribution is 0.0807. The molecule has 1 amide bonds. The first kappa shape index (κ1) is 28.0. The number of ether oxygens (including phenoxy) is 1. The molecule has 194 valence electrons. The van der Waals surface area contributed by atoms with Gasteiger partial charge in [0.15, 0.2) is 0 Å². The molecule has 3 aromatic rings. The molecule has 0 radical (unpaired) electrons. The van der Waals surface area contributed by atoms with Crippen LogP contribution in [-0.2, 0) is 18.9 Å². The van der Waals surface area contributed by atoms with Crippen LogP contribution in [0.25, 0.3) is 11.3 Å². The van der Waals surface area contributed by atoms with Crippen molar-refractivity contribution < 1.29 is 14.6 Å². The van der Waals surface area contributed by atoms with Crippen LogP contribution in [-0.4, -0.2) is 43.7 Å². The summed E-state index contributed by atoms with van der Waals surface area (Å²) in [6.45, 7) is 10.2. The van der Waals surface area contributed by atoms with Gasteiger partial charge in [-0.15, -0.1) is 0 Å². The highest BCUT2D eigenvalue weighted by molar-refractivity contribution is 6.31. The molecule has 2 aromatic carbocycles. The normalized spacial score (nSPS) is 12.6. The molecule has 1 N–H and O–H groups in total. The Labute approximate surface area is 223 Å². The Bertz CT molecular complexity index is 1180. The van der Waals surface area contributed by atoms with Crippen molar-refractivity contribution in [1.82, 2.24) is 14.0 Å². The molecule has 0 fully saturated rings. The number of amides is 1. The molecule has 0 unspecified atom stereocenters. The monoisotopic (exact) mass is 531 g/mol. The molecule has 3 rings (SSSR count). The number of carbonyl (C=O) groups is 1. The number of aryl methyl sites for hydroxylation is 1. The quantitative estimate of drug-likeness (QED) is 0.323. The summed E-state index contributed by atoms with van der Waals surface area (Å²) in [6.07, 6.45) is 2.76. The summed E-state index contributed by atoms with van der Waals surface area (Å²) < 4.78 is 8.84. The summed E-state index contributed by atoms with van der Waals surface area (Å²) in [7, 11) is 1.99. The van der Waals surface area contributed by atoms with Gasteiger partial charge in [0.1, 0.15) is 11.6 Å². The number of carbonyl (C=O) groups excluding carboxylic acids is 1. The maximum atomic E-state index is 13.1. The maximum absolute atomic E-state index is 13.1. The summed E-state index contributed by atoms with van der Waals surface area (Å²) in [5, 5.41) is 10.2. The minimum atomic E-state index is -0.443. The lowest BCUT2D eigenvalue weighted by atomic mass is 9.96. The van der Waals surface area contributed by atoms with Gasteiger partial charge in [-0.05, 0) is 62.6 Å². The molecule has 0 aliphatic carbocycles. The molecule has 0 aliphatic heterocycles. The Balaban J connectivity index is 1.78. The lowest BCUT2D eigenvalue weighted by Gasteiger charge is -2.25. The first-order valence-electron chi connectivity index (χ1n) is 12.1. The van der Waals surface area contributed by atoms with Crippen molar-refractivity contribution in [1.29, 1.82) is 0 Å². The number of aliphatic hydroxyl groups is 1. The van der Waals surface area contributed by atoms with Gasteiger partial charge in [0.05, 0.1) is 17.8 Å². The molecular weight excluding hydrogens is 497 g/mol. The smallest absolute Gasteiger partial charge is 0.268 e. The third-order valence-corrected chi connectivity index (χ3v) is 6.58. The first-order chi connectivity index (χ1) is 16.9. The van der Waals surface area contributed by atoms with Gasteiger partial charge in [-0.25, -0.2) is 9.40 Å². The van der Waals surface area contributed by atoms with Gasteiger partial charge in [-0.2, -0.15) is 0 Å². The fraction of sp³-hybridized carbons (Fsp3) is 0.429. The van der Waals surface area contributed by atoms with Gasteiger partial charge in [0, 0.05) is 53.2 Å². The van der Waals surface area contributed by atoms with Crippen LogP contribution in [0.4, 0.5) is 0 Å². The highest BCUT2D eigenvalue weighted by atomic mass is 35.5. The summed E-state index contributed by atoms with van der Waals surface area (Å²) in [6, 6.07) is 12.2. The van der Waals surface area contributed by atoms with Crippen molar-refractivity contribution in [2.24, 2.45) is 7.05 Å². The summed E-state index contributed by atoms with van der Waals surface area (Å²) in [4.78, 5) is 17.9. The van der Waals surface area contributed by atoms with E-state index in [0.717, 1.165) is 27.1 Å². The standard InChI is InChI=1S/C28H35Cl2N3O3/c1-18(2)36-23-11-9-19(10-12-23)26(35)33(30)22(13-14-34)15-20-7-8-21(16-24(20)29)25-17-32(6)27(31-25)28(3,4)5/h7-12,16-18,22,34H,13-15H2,1-6H3/t22-/m1/s1. The van der Waals surface area contributed by atoms with Crippen molar-refractivity contribution in [3.63, 3.8) is 0 Å². The molecule has 1 heterocycles. The minimum Gasteiger partial charge on any atom is -0.491 e. The predicted molar refractivity (Wildman–Crippen MR) is 146 cm³/mol. The molecule has 0 saturated heterocycles. The molecule has 0 bridgehead atoms. The molecule has 0 spiro atoms. The van der Waals surface area contributed by atoms with E-state index in [1.54, 1.807) is 24.3 Å². The zero-order chi connectivity index (χ0) is 26.6. The van der Waals surface area contributed by atoms with Gasteiger partial charge < -0.3 is 14.4 Å². The molecule has 1 atom stereocenters. The third-order valence-electron chi connectivity index (χ3n) is 5.80. The summed E-state index contributed by atoms with van der Waals surface area (Å²) in [5.41, 5.74) is 2.96. The van der Waals surface area contributed by atoms with E-state index < -0.39 is 6.04 Å². The van der Waals surface area contributed by atoms with E-state index in [1.807, 2.05) is 49.9 Å². The van der Waals surface area contributed by atoms with Gasteiger partial charge in [-0.3, -0.25) is 4.79 Å².